The second kappa shape index (κ2) is 4.37. The second-order valence-corrected chi connectivity index (χ2v) is 4.45. The van der Waals surface area contributed by atoms with Gasteiger partial charge >= 0.3 is 0 Å². The van der Waals surface area contributed by atoms with Crippen molar-refractivity contribution in [2.24, 2.45) is 5.73 Å². The highest BCUT2D eigenvalue weighted by Crippen LogP contribution is 2.27. The van der Waals surface area contributed by atoms with Crippen LogP contribution in [0.4, 0.5) is 0 Å². The van der Waals surface area contributed by atoms with Crippen LogP contribution in [0.2, 0.25) is 0 Å². The first-order valence-electron chi connectivity index (χ1n) is 5.24. The molecule has 1 heterocycles. The van der Waals surface area contributed by atoms with Crippen LogP contribution in [-0.2, 0) is 13.0 Å². The van der Waals surface area contributed by atoms with E-state index in [1.807, 2.05) is 0 Å². The molecule has 0 aliphatic carbocycles. The smallest absolute Gasteiger partial charge is 0.0626 e. The Labute approximate surface area is 98.2 Å². The third-order valence-electron chi connectivity index (χ3n) is 2.67. The predicted molar refractivity (Wildman–Crippen MR) is 68.1 cm³/mol. The van der Waals surface area contributed by atoms with Gasteiger partial charge in [-0.2, -0.15) is 0 Å². The Morgan fingerprint density at radius 3 is 2.87 bits per heavy atom. The Kier molecular flexibility index (Phi) is 3.12. The number of rotatable bonds is 3. The maximum Gasteiger partial charge on any atom is 0.0626 e. The van der Waals surface area contributed by atoms with Crippen molar-refractivity contribution in [2.75, 3.05) is 6.54 Å². The molecule has 0 spiro atoms. The molecule has 0 radical (unpaired) electrons. The molecule has 2 aromatic rings. The van der Waals surface area contributed by atoms with Crippen molar-refractivity contribution in [1.29, 1.82) is 0 Å². The van der Waals surface area contributed by atoms with E-state index in [9.17, 15) is 0 Å². The van der Waals surface area contributed by atoms with E-state index in [0.29, 0.717) is 6.54 Å². The lowest BCUT2D eigenvalue weighted by atomic mass is 10.2. The number of hydrogen-bond acceptors (Lipinski definition) is 1. The maximum absolute atomic E-state index is 5.62. The summed E-state index contributed by atoms with van der Waals surface area (Å²) in [7, 11) is 0. The maximum atomic E-state index is 5.62. The van der Waals surface area contributed by atoms with E-state index in [1.54, 1.807) is 0 Å². The summed E-state index contributed by atoms with van der Waals surface area (Å²) < 4.78 is 3.48. The molecule has 0 atom stereocenters. The van der Waals surface area contributed by atoms with Crippen LogP contribution in [0.5, 0.6) is 0 Å². The third kappa shape index (κ3) is 1.82. The Morgan fingerprint density at radius 2 is 2.20 bits per heavy atom. The predicted octanol–water partition coefficient (Wildman–Crippen LogP) is 2.92. The molecule has 80 valence electrons. The number of nitrogens with two attached hydrogens (primary N) is 1. The van der Waals surface area contributed by atoms with E-state index in [-0.39, 0.29) is 0 Å². The van der Waals surface area contributed by atoms with E-state index < -0.39 is 0 Å². The number of hydrogen-bond donors (Lipinski definition) is 1. The van der Waals surface area contributed by atoms with E-state index in [1.165, 1.54) is 16.6 Å². The fourth-order valence-electron chi connectivity index (χ4n) is 2.05. The third-order valence-corrected chi connectivity index (χ3v) is 3.31. The van der Waals surface area contributed by atoms with E-state index in [0.717, 1.165) is 17.4 Å². The lowest BCUT2D eigenvalue weighted by Crippen LogP contribution is -2.08. The van der Waals surface area contributed by atoms with Gasteiger partial charge < -0.3 is 10.3 Å². The van der Waals surface area contributed by atoms with Gasteiger partial charge in [0.25, 0.3) is 0 Å². The average Bonchev–Trinajstić information content (AvgIpc) is 2.57. The number of aromatic nitrogens is 1. The first-order chi connectivity index (χ1) is 7.27. The van der Waals surface area contributed by atoms with Crippen molar-refractivity contribution >= 4 is 26.8 Å². The summed E-state index contributed by atoms with van der Waals surface area (Å²) >= 11 is 3.60. The monoisotopic (exact) mass is 266 g/mol. The molecule has 0 bridgehead atoms. The number of aryl methyl sites for hydroxylation is 1. The molecule has 1 aromatic heterocycles. The SMILES string of the molecule is CCn1c(CCN)cc2cccc(Br)c21. The number of fused-ring (bicyclic) bond motifs is 1. The summed E-state index contributed by atoms with van der Waals surface area (Å²) in [4.78, 5) is 0. The van der Waals surface area contributed by atoms with Crippen molar-refractivity contribution in [3.63, 3.8) is 0 Å². The highest BCUT2D eigenvalue weighted by atomic mass is 79.9. The topological polar surface area (TPSA) is 30.9 Å². The fraction of sp³-hybridized carbons (Fsp3) is 0.333. The molecule has 0 aliphatic heterocycles. The van der Waals surface area contributed by atoms with E-state index in [4.69, 9.17) is 5.73 Å². The summed E-state index contributed by atoms with van der Waals surface area (Å²) in [6.45, 7) is 3.86. The molecule has 2 N–H and O–H groups in total. The first kappa shape index (κ1) is 10.7. The van der Waals surface area contributed by atoms with Crippen molar-refractivity contribution in [3.05, 3.63) is 34.4 Å². The Morgan fingerprint density at radius 1 is 1.40 bits per heavy atom. The lowest BCUT2D eigenvalue weighted by molar-refractivity contribution is 0.731. The molecular weight excluding hydrogens is 252 g/mol. The normalized spacial score (nSPS) is 11.1. The van der Waals surface area contributed by atoms with Gasteiger partial charge in [-0.05, 0) is 48.0 Å². The summed E-state index contributed by atoms with van der Waals surface area (Å²) in [5.74, 6) is 0. The molecule has 0 saturated carbocycles. The number of benzene rings is 1. The zero-order valence-electron chi connectivity index (χ0n) is 8.83. The molecular formula is C12H15BrN2. The molecule has 0 fully saturated rings. The van der Waals surface area contributed by atoms with Crippen LogP contribution in [0.3, 0.4) is 0 Å². The summed E-state index contributed by atoms with van der Waals surface area (Å²) in [6.07, 6.45) is 0.939. The zero-order valence-corrected chi connectivity index (χ0v) is 10.4. The summed E-state index contributed by atoms with van der Waals surface area (Å²) in [6, 6.07) is 8.53. The highest BCUT2D eigenvalue weighted by Gasteiger charge is 2.08. The zero-order chi connectivity index (χ0) is 10.8. The van der Waals surface area contributed by atoms with Crippen LogP contribution >= 0.6 is 15.9 Å². The van der Waals surface area contributed by atoms with Gasteiger partial charge in [-0.3, -0.25) is 0 Å². The summed E-state index contributed by atoms with van der Waals surface area (Å²) in [5, 5.41) is 1.29. The van der Waals surface area contributed by atoms with Gasteiger partial charge in [-0.25, -0.2) is 0 Å². The first-order valence-corrected chi connectivity index (χ1v) is 6.04. The minimum atomic E-state index is 0.702. The van der Waals surface area contributed by atoms with Crippen molar-refractivity contribution < 1.29 is 0 Å². The number of nitrogens with zero attached hydrogens (tertiary/aromatic N) is 1. The van der Waals surface area contributed by atoms with Gasteiger partial charge in [-0.15, -0.1) is 0 Å². The molecule has 0 unspecified atom stereocenters. The van der Waals surface area contributed by atoms with Crippen LogP contribution in [0, 0.1) is 0 Å². The Balaban J connectivity index is 2.68. The standard InChI is InChI=1S/C12H15BrN2/c1-2-15-10(6-7-14)8-9-4-3-5-11(13)12(9)15/h3-5,8H,2,6-7,14H2,1H3. The highest BCUT2D eigenvalue weighted by molar-refractivity contribution is 9.10. The van der Waals surface area contributed by atoms with Gasteiger partial charge in [0, 0.05) is 22.1 Å². The Bertz CT molecular complexity index is 474. The molecule has 15 heavy (non-hydrogen) atoms. The number of para-hydroxylation sites is 1. The van der Waals surface area contributed by atoms with Gasteiger partial charge in [0.05, 0.1) is 5.52 Å². The molecule has 2 nitrogen and oxygen atoms in total. The quantitative estimate of drug-likeness (QED) is 0.910. The average molecular weight is 267 g/mol. The van der Waals surface area contributed by atoms with E-state index >= 15 is 0 Å². The minimum absolute atomic E-state index is 0.702. The Hall–Kier alpha value is -0.800. The van der Waals surface area contributed by atoms with E-state index in [2.05, 4.69) is 51.7 Å². The van der Waals surface area contributed by atoms with Crippen LogP contribution < -0.4 is 5.73 Å². The molecule has 1 aromatic carbocycles. The van der Waals surface area contributed by atoms with Crippen LogP contribution in [-0.4, -0.2) is 11.1 Å². The largest absolute Gasteiger partial charge is 0.344 e. The fourth-order valence-corrected chi connectivity index (χ4v) is 2.65. The summed E-state index contributed by atoms with van der Waals surface area (Å²) in [5.41, 5.74) is 8.22. The van der Waals surface area contributed by atoms with Gasteiger partial charge in [0.2, 0.25) is 0 Å². The second-order valence-electron chi connectivity index (χ2n) is 3.60. The van der Waals surface area contributed by atoms with Crippen molar-refractivity contribution in [3.8, 4) is 0 Å². The molecule has 2 rings (SSSR count). The van der Waals surface area contributed by atoms with Gasteiger partial charge in [0.15, 0.2) is 0 Å². The van der Waals surface area contributed by atoms with Crippen LogP contribution in [0.25, 0.3) is 10.9 Å². The van der Waals surface area contributed by atoms with Gasteiger partial charge in [0.1, 0.15) is 0 Å². The van der Waals surface area contributed by atoms with Crippen molar-refractivity contribution in [1.82, 2.24) is 4.57 Å². The molecule has 0 amide bonds. The minimum Gasteiger partial charge on any atom is -0.344 e. The van der Waals surface area contributed by atoms with Crippen LogP contribution in [0.15, 0.2) is 28.7 Å². The molecule has 0 saturated heterocycles. The van der Waals surface area contributed by atoms with Gasteiger partial charge in [-0.1, -0.05) is 12.1 Å². The van der Waals surface area contributed by atoms with Crippen LogP contribution in [0.1, 0.15) is 12.6 Å². The number of halogens is 1. The lowest BCUT2D eigenvalue weighted by Gasteiger charge is -2.07. The molecule has 3 heteroatoms. The molecule has 0 aliphatic rings. The van der Waals surface area contributed by atoms with Crippen molar-refractivity contribution in [2.45, 2.75) is 19.9 Å².